The molecular formula is C8H11N3OS. The maximum atomic E-state index is 11.7. The molecule has 4 nitrogen and oxygen atoms in total. The Hall–Kier alpha value is -0.940. The molecule has 2 rings (SSSR count). The Morgan fingerprint density at radius 1 is 1.77 bits per heavy atom. The molecule has 70 valence electrons. The van der Waals surface area contributed by atoms with E-state index >= 15 is 0 Å². The van der Waals surface area contributed by atoms with E-state index in [1.807, 2.05) is 0 Å². The minimum atomic E-state index is 0.00852. The second kappa shape index (κ2) is 3.43. The fourth-order valence-corrected chi connectivity index (χ4v) is 1.98. The SMILES string of the molecule is NC1CCN(C(=O)c2cscn2)C1. The van der Waals surface area contributed by atoms with Gasteiger partial charge in [-0.1, -0.05) is 0 Å². The Morgan fingerprint density at radius 3 is 3.15 bits per heavy atom. The molecule has 1 unspecified atom stereocenters. The number of aromatic nitrogens is 1. The number of amides is 1. The third kappa shape index (κ3) is 1.71. The maximum absolute atomic E-state index is 11.7. The first-order chi connectivity index (χ1) is 6.27. The van der Waals surface area contributed by atoms with Crippen LogP contribution in [0.3, 0.4) is 0 Å². The predicted octanol–water partition coefficient (Wildman–Crippen LogP) is 0.316. The fraction of sp³-hybridized carbons (Fsp3) is 0.500. The summed E-state index contributed by atoms with van der Waals surface area (Å²) in [4.78, 5) is 17.4. The standard InChI is InChI=1S/C8H11N3OS/c9-6-1-2-11(3-6)8(12)7-4-13-5-10-7/h4-6H,1-3,9H2. The average molecular weight is 197 g/mol. The average Bonchev–Trinajstić information content (AvgIpc) is 2.72. The van der Waals surface area contributed by atoms with E-state index in [0.29, 0.717) is 12.2 Å². The molecule has 0 aromatic carbocycles. The quantitative estimate of drug-likeness (QED) is 0.705. The van der Waals surface area contributed by atoms with Crippen LogP contribution in [0.4, 0.5) is 0 Å². The molecule has 13 heavy (non-hydrogen) atoms. The first-order valence-corrected chi connectivity index (χ1v) is 5.14. The molecule has 0 radical (unpaired) electrons. The van der Waals surface area contributed by atoms with Crippen LogP contribution in [-0.2, 0) is 0 Å². The van der Waals surface area contributed by atoms with E-state index in [2.05, 4.69) is 4.98 Å². The van der Waals surface area contributed by atoms with Gasteiger partial charge in [0.15, 0.2) is 0 Å². The molecule has 0 saturated carbocycles. The summed E-state index contributed by atoms with van der Waals surface area (Å²) in [6.07, 6.45) is 0.899. The molecule has 1 aliphatic heterocycles. The molecule has 2 N–H and O–H groups in total. The van der Waals surface area contributed by atoms with Gasteiger partial charge in [0.1, 0.15) is 5.69 Å². The van der Waals surface area contributed by atoms with Gasteiger partial charge in [0.25, 0.3) is 5.91 Å². The van der Waals surface area contributed by atoms with Crippen molar-refractivity contribution < 1.29 is 4.79 Å². The van der Waals surface area contributed by atoms with E-state index in [0.717, 1.165) is 13.0 Å². The van der Waals surface area contributed by atoms with Gasteiger partial charge in [-0.05, 0) is 6.42 Å². The number of rotatable bonds is 1. The molecule has 0 aliphatic carbocycles. The normalized spacial score (nSPS) is 22.2. The van der Waals surface area contributed by atoms with Gasteiger partial charge < -0.3 is 10.6 Å². The van der Waals surface area contributed by atoms with E-state index < -0.39 is 0 Å². The zero-order valence-corrected chi connectivity index (χ0v) is 7.96. The summed E-state index contributed by atoms with van der Waals surface area (Å²) in [7, 11) is 0. The number of thiazole rings is 1. The summed E-state index contributed by atoms with van der Waals surface area (Å²) in [6, 6.07) is 0.141. The molecule has 5 heteroatoms. The van der Waals surface area contributed by atoms with Gasteiger partial charge in [-0.25, -0.2) is 4.98 Å². The van der Waals surface area contributed by atoms with Crippen molar-refractivity contribution in [3.05, 3.63) is 16.6 Å². The van der Waals surface area contributed by atoms with Crippen molar-refractivity contribution in [2.24, 2.45) is 5.73 Å². The van der Waals surface area contributed by atoms with E-state index in [1.54, 1.807) is 15.8 Å². The van der Waals surface area contributed by atoms with E-state index in [9.17, 15) is 4.79 Å². The molecule has 1 aliphatic rings. The number of carbonyl (C=O) groups is 1. The highest BCUT2D eigenvalue weighted by molar-refractivity contribution is 7.07. The van der Waals surface area contributed by atoms with E-state index in [-0.39, 0.29) is 11.9 Å². The first kappa shape index (κ1) is 8.65. The van der Waals surface area contributed by atoms with Gasteiger partial charge in [-0.15, -0.1) is 11.3 Å². The summed E-state index contributed by atoms with van der Waals surface area (Å²) in [5.41, 5.74) is 7.92. The van der Waals surface area contributed by atoms with Crippen LogP contribution in [-0.4, -0.2) is 34.9 Å². The summed E-state index contributed by atoms with van der Waals surface area (Å²) in [5, 5.41) is 1.77. The van der Waals surface area contributed by atoms with Crippen molar-refractivity contribution >= 4 is 17.2 Å². The lowest BCUT2D eigenvalue weighted by atomic mass is 10.3. The van der Waals surface area contributed by atoms with Crippen LogP contribution in [0.2, 0.25) is 0 Å². The van der Waals surface area contributed by atoms with Gasteiger partial charge in [0.2, 0.25) is 0 Å². The lowest BCUT2D eigenvalue weighted by molar-refractivity contribution is 0.0786. The van der Waals surface area contributed by atoms with Crippen LogP contribution in [0.5, 0.6) is 0 Å². The minimum absolute atomic E-state index is 0.00852. The molecule has 2 heterocycles. The highest BCUT2D eigenvalue weighted by Gasteiger charge is 2.25. The number of hydrogen-bond acceptors (Lipinski definition) is 4. The van der Waals surface area contributed by atoms with Crippen molar-refractivity contribution in [3.8, 4) is 0 Å². The fourth-order valence-electron chi connectivity index (χ4n) is 1.45. The van der Waals surface area contributed by atoms with E-state index in [4.69, 9.17) is 5.73 Å². The first-order valence-electron chi connectivity index (χ1n) is 4.20. The van der Waals surface area contributed by atoms with E-state index in [1.165, 1.54) is 11.3 Å². The summed E-state index contributed by atoms with van der Waals surface area (Å²) in [6.45, 7) is 1.42. The number of nitrogens with two attached hydrogens (primary N) is 1. The maximum Gasteiger partial charge on any atom is 0.273 e. The Morgan fingerprint density at radius 2 is 2.62 bits per heavy atom. The second-order valence-electron chi connectivity index (χ2n) is 3.17. The number of likely N-dealkylation sites (tertiary alicyclic amines) is 1. The van der Waals surface area contributed by atoms with Gasteiger partial charge >= 0.3 is 0 Å². The number of nitrogens with zero attached hydrogens (tertiary/aromatic N) is 2. The highest BCUT2D eigenvalue weighted by Crippen LogP contribution is 2.12. The smallest absolute Gasteiger partial charge is 0.273 e. The highest BCUT2D eigenvalue weighted by atomic mass is 32.1. The Bertz CT molecular complexity index is 298. The van der Waals surface area contributed by atoms with Crippen LogP contribution in [0, 0.1) is 0 Å². The molecule has 1 amide bonds. The largest absolute Gasteiger partial charge is 0.336 e. The topological polar surface area (TPSA) is 59.2 Å². The predicted molar refractivity (Wildman–Crippen MR) is 50.6 cm³/mol. The third-order valence-electron chi connectivity index (χ3n) is 2.16. The summed E-state index contributed by atoms with van der Waals surface area (Å²) in [5.74, 6) is 0.00852. The third-order valence-corrected chi connectivity index (χ3v) is 2.75. The molecular weight excluding hydrogens is 186 g/mol. The van der Waals surface area contributed by atoms with Crippen molar-refractivity contribution in [3.63, 3.8) is 0 Å². The molecule has 1 aromatic heterocycles. The zero-order valence-electron chi connectivity index (χ0n) is 7.14. The lowest BCUT2D eigenvalue weighted by Crippen LogP contribution is -2.31. The van der Waals surface area contributed by atoms with Crippen LogP contribution in [0.25, 0.3) is 0 Å². The Labute approximate surface area is 80.4 Å². The van der Waals surface area contributed by atoms with Gasteiger partial charge in [-0.3, -0.25) is 4.79 Å². The van der Waals surface area contributed by atoms with Crippen LogP contribution in [0.15, 0.2) is 10.9 Å². The zero-order chi connectivity index (χ0) is 9.26. The Kier molecular flexibility index (Phi) is 2.28. The second-order valence-corrected chi connectivity index (χ2v) is 3.89. The Balaban J connectivity index is 2.06. The van der Waals surface area contributed by atoms with Crippen molar-refractivity contribution in [1.29, 1.82) is 0 Å². The molecule has 1 atom stereocenters. The molecule has 1 aromatic rings. The van der Waals surface area contributed by atoms with Crippen molar-refractivity contribution in [1.82, 2.24) is 9.88 Å². The number of carbonyl (C=O) groups excluding carboxylic acids is 1. The van der Waals surface area contributed by atoms with Crippen LogP contribution in [0.1, 0.15) is 16.9 Å². The molecule has 0 bridgehead atoms. The van der Waals surface area contributed by atoms with Crippen molar-refractivity contribution in [2.75, 3.05) is 13.1 Å². The molecule has 0 spiro atoms. The monoisotopic (exact) mass is 197 g/mol. The van der Waals surface area contributed by atoms with Gasteiger partial charge in [0.05, 0.1) is 5.51 Å². The number of hydrogen-bond donors (Lipinski definition) is 1. The van der Waals surface area contributed by atoms with Crippen LogP contribution >= 0.6 is 11.3 Å². The summed E-state index contributed by atoms with van der Waals surface area (Å²) < 4.78 is 0. The van der Waals surface area contributed by atoms with Crippen molar-refractivity contribution in [2.45, 2.75) is 12.5 Å². The van der Waals surface area contributed by atoms with Gasteiger partial charge in [-0.2, -0.15) is 0 Å². The molecule has 1 fully saturated rings. The van der Waals surface area contributed by atoms with Gasteiger partial charge in [0, 0.05) is 24.5 Å². The minimum Gasteiger partial charge on any atom is -0.336 e. The lowest BCUT2D eigenvalue weighted by Gasteiger charge is -2.13. The summed E-state index contributed by atoms with van der Waals surface area (Å²) >= 11 is 1.44. The van der Waals surface area contributed by atoms with Crippen LogP contribution < -0.4 is 5.73 Å². The molecule has 1 saturated heterocycles.